The molecule has 1 saturated heterocycles. The van der Waals surface area contributed by atoms with Crippen LogP contribution in [0.5, 0.6) is 11.5 Å². The largest absolute Gasteiger partial charge is 0.493 e. The normalized spacial score (nSPS) is 16.0. The van der Waals surface area contributed by atoms with Gasteiger partial charge in [-0.05, 0) is 82.5 Å². The van der Waals surface area contributed by atoms with Crippen molar-refractivity contribution >= 4 is 50.5 Å². The Morgan fingerprint density at radius 3 is 2.86 bits per heavy atom. The number of ether oxygens (including phenoxy) is 2. The summed E-state index contributed by atoms with van der Waals surface area (Å²) in [5, 5.41) is 3.37. The summed E-state index contributed by atoms with van der Waals surface area (Å²) in [7, 11) is 1.55. The third kappa shape index (κ3) is 4.84. The first-order chi connectivity index (χ1) is 13.9. The topological polar surface area (TPSA) is 59.9 Å². The predicted octanol–water partition coefficient (Wildman–Crippen LogP) is 4.98. The SMILES string of the molecule is C#CCOc1c(Br)cc(/C=C2\SC(=Nc3cccc(C)c3C)NC2=O)cc1OC. The zero-order valence-electron chi connectivity index (χ0n) is 16.2. The molecule has 7 heteroatoms. The molecular weight excluding hydrogens is 452 g/mol. The number of benzene rings is 2. The lowest BCUT2D eigenvalue weighted by molar-refractivity contribution is -0.115. The molecule has 0 atom stereocenters. The summed E-state index contributed by atoms with van der Waals surface area (Å²) in [4.78, 5) is 17.5. The number of aliphatic imine (C=N–C) groups is 1. The molecule has 5 nitrogen and oxygen atoms in total. The molecule has 1 heterocycles. The molecule has 1 N–H and O–H groups in total. The molecule has 0 aliphatic carbocycles. The Hall–Kier alpha value is -2.69. The molecule has 0 unspecified atom stereocenters. The monoisotopic (exact) mass is 470 g/mol. The lowest BCUT2D eigenvalue weighted by Crippen LogP contribution is -2.19. The Morgan fingerprint density at radius 2 is 2.14 bits per heavy atom. The van der Waals surface area contributed by atoms with Crippen LogP contribution in [0.3, 0.4) is 0 Å². The van der Waals surface area contributed by atoms with E-state index in [0.717, 1.165) is 22.4 Å². The number of carbonyl (C=O) groups is 1. The molecule has 1 fully saturated rings. The van der Waals surface area contributed by atoms with Gasteiger partial charge in [-0.1, -0.05) is 18.1 Å². The van der Waals surface area contributed by atoms with E-state index in [4.69, 9.17) is 15.9 Å². The molecule has 0 bridgehead atoms. The maximum Gasteiger partial charge on any atom is 0.264 e. The minimum absolute atomic E-state index is 0.131. The van der Waals surface area contributed by atoms with Crippen molar-refractivity contribution in [1.29, 1.82) is 0 Å². The number of nitrogens with zero attached hydrogens (tertiary/aromatic N) is 1. The standard InChI is InChI=1S/C22H19BrN2O3S/c1-5-9-28-20-16(23)10-15(11-18(20)27-4)12-19-21(26)25-22(29-19)24-17-8-6-7-13(2)14(17)3/h1,6-8,10-12H,9H2,2-4H3,(H,24,25,26)/b19-12-. The van der Waals surface area contributed by atoms with E-state index in [-0.39, 0.29) is 12.5 Å². The number of halogens is 1. The average molecular weight is 471 g/mol. The molecule has 2 aromatic rings. The van der Waals surface area contributed by atoms with E-state index < -0.39 is 0 Å². The quantitative estimate of drug-likeness (QED) is 0.494. The van der Waals surface area contributed by atoms with Crippen molar-refractivity contribution in [3.8, 4) is 23.8 Å². The number of carbonyl (C=O) groups excluding carboxylic acids is 1. The van der Waals surface area contributed by atoms with Crippen molar-refractivity contribution in [2.75, 3.05) is 13.7 Å². The maximum absolute atomic E-state index is 12.4. The fraction of sp³-hybridized carbons (Fsp3) is 0.182. The molecular formula is C22H19BrN2O3S. The van der Waals surface area contributed by atoms with Crippen LogP contribution in [0.15, 0.2) is 44.7 Å². The molecule has 3 rings (SSSR count). The average Bonchev–Trinajstić information content (AvgIpc) is 3.03. The van der Waals surface area contributed by atoms with E-state index in [2.05, 4.69) is 32.2 Å². The van der Waals surface area contributed by atoms with Crippen LogP contribution < -0.4 is 14.8 Å². The summed E-state index contributed by atoms with van der Waals surface area (Å²) in [5.41, 5.74) is 3.87. The van der Waals surface area contributed by atoms with Crippen molar-refractivity contribution in [1.82, 2.24) is 5.32 Å². The van der Waals surface area contributed by atoms with Crippen LogP contribution in [0, 0.1) is 26.2 Å². The van der Waals surface area contributed by atoms with Gasteiger partial charge in [0.05, 0.1) is 22.2 Å². The van der Waals surface area contributed by atoms with Gasteiger partial charge in [0.25, 0.3) is 5.91 Å². The van der Waals surface area contributed by atoms with Gasteiger partial charge in [0, 0.05) is 0 Å². The molecule has 0 spiro atoms. The van der Waals surface area contributed by atoms with Crippen LogP contribution in [0.4, 0.5) is 5.69 Å². The Balaban J connectivity index is 1.89. The van der Waals surface area contributed by atoms with Gasteiger partial charge in [0.2, 0.25) is 0 Å². The van der Waals surface area contributed by atoms with Crippen molar-refractivity contribution in [3.63, 3.8) is 0 Å². The highest BCUT2D eigenvalue weighted by atomic mass is 79.9. The minimum atomic E-state index is -0.193. The van der Waals surface area contributed by atoms with Gasteiger partial charge in [0.1, 0.15) is 6.61 Å². The van der Waals surface area contributed by atoms with Crippen LogP contribution in [-0.2, 0) is 4.79 Å². The summed E-state index contributed by atoms with van der Waals surface area (Å²) < 4.78 is 11.6. The number of hydrogen-bond donors (Lipinski definition) is 1. The summed E-state index contributed by atoms with van der Waals surface area (Å²) in [6.07, 6.45) is 7.04. The summed E-state index contributed by atoms with van der Waals surface area (Å²) in [5.74, 6) is 3.28. The second kappa shape index (κ2) is 9.21. The van der Waals surface area contributed by atoms with E-state index in [1.54, 1.807) is 19.3 Å². The molecule has 1 aliphatic rings. The summed E-state index contributed by atoms with van der Waals surface area (Å²) in [6, 6.07) is 9.55. The van der Waals surface area contributed by atoms with Gasteiger partial charge in [-0.2, -0.15) is 0 Å². The van der Waals surface area contributed by atoms with Crippen LogP contribution in [0.2, 0.25) is 0 Å². The zero-order chi connectivity index (χ0) is 21.0. The lowest BCUT2D eigenvalue weighted by Gasteiger charge is -2.12. The Kier molecular flexibility index (Phi) is 6.68. The molecule has 0 aromatic heterocycles. The van der Waals surface area contributed by atoms with Crippen molar-refractivity contribution in [2.24, 2.45) is 4.99 Å². The van der Waals surface area contributed by atoms with E-state index >= 15 is 0 Å². The van der Waals surface area contributed by atoms with Gasteiger partial charge in [-0.3, -0.25) is 4.79 Å². The highest BCUT2D eigenvalue weighted by Gasteiger charge is 2.24. The van der Waals surface area contributed by atoms with Crippen LogP contribution >= 0.6 is 27.7 Å². The summed E-state index contributed by atoms with van der Waals surface area (Å²) in [6.45, 7) is 4.18. The molecule has 2 aromatic carbocycles. The first kappa shape index (κ1) is 21.0. The van der Waals surface area contributed by atoms with E-state index in [9.17, 15) is 4.79 Å². The zero-order valence-corrected chi connectivity index (χ0v) is 18.6. The molecule has 0 radical (unpaired) electrons. The smallest absolute Gasteiger partial charge is 0.264 e. The number of thioether (sulfide) groups is 1. The van der Waals surface area contributed by atoms with Gasteiger partial charge < -0.3 is 14.8 Å². The van der Waals surface area contributed by atoms with Crippen LogP contribution in [-0.4, -0.2) is 24.8 Å². The third-order valence-corrected chi connectivity index (χ3v) is 5.80. The number of methoxy groups -OCH3 is 1. The highest BCUT2D eigenvalue weighted by molar-refractivity contribution is 9.10. The van der Waals surface area contributed by atoms with Gasteiger partial charge in [-0.15, -0.1) is 6.42 Å². The molecule has 29 heavy (non-hydrogen) atoms. The number of amidine groups is 1. The number of rotatable bonds is 5. The number of terminal acetylenes is 1. The van der Waals surface area contributed by atoms with Crippen molar-refractivity contribution in [3.05, 3.63) is 56.4 Å². The minimum Gasteiger partial charge on any atom is -0.493 e. The number of hydrogen-bond acceptors (Lipinski definition) is 5. The van der Waals surface area contributed by atoms with E-state index in [1.165, 1.54) is 11.8 Å². The second-order valence-electron chi connectivity index (χ2n) is 6.23. The Bertz CT molecular complexity index is 1070. The first-order valence-electron chi connectivity index (χ1n) is 8.72. The maximum atomic E-state index is 12.4. The molecule has 1 amide bonds. The summed E-state index contributed by atoms with van der Waals surface area (Å²) >= 11 is 4.77. The van der Waals surface area contributed by atoms with Gasteiger partial charge in [0.15, 0.2) is 16.7 Å². The second-order valence-corrected chi connectivity index (χ2v) is 8.11. The molecule has 0 saturated carbocycles. The number of aryl methyl sites for hydroxylation is 1. The van der Waals surface area contributed by atoms with E-state index in [1.807, 2.05) is 38.1 Å². The van der Waals surface area contributed by atoms with Crippen LogP contribution in [0.1, 0.15) is 16.7 Å². The third-order valence-electron chi connectivity index (χ3n) is 4.30. The van der Waals surface area contributed by atoms with Gasteiger partial charge in [-0.25, -0.2) is 4.99 Å². The fourth-order valence-corrected chi connectivity index (χ4v) is 4.08. The first-order valence-corrected chi connectivity index (χ1v) is 10.3. The molecule has 1 aliphatic heterocycles. The van der Waals surface area contributed by atoms with Crippen LogP contribution in [0.25, 0.3) is 6.08 Å². The van der Waals surface area contributed by atoms with E-state index in [0.29, 0.717) is 26.0 Å². The highest BCUT2D eigenvalue weighted by Crippen LogP contribution is 2.38. The van der Waals surface area contributed by atoms with Gasteiger partial charge >= 0.3 is 0 Å². The number of amides is 1. The predicted molar refractivity (Wildman–Crippen MR) is 122 cm³/mol. The Labute approximate surface area is 182 Å². The van der Waals surface area contributed by atoms with Crippen molar-refractivity contribution in [2.45, 2.75) is 13.8 Å². The fourth-order valence-electron chi connectivity index (χ4n) is 2.68. The molecule has 148 valence electrons. The lowest BCUT2D eigenvalue weighted by atomic mass is 10.1. The number of nitrogens with one attached hydrogen (secondary N) is 1. The van der Waals surface area contributed by atoms with Crippen molar-refractivity contribution < 1.29 is 14.3 Å². The Morgan fingerprint density at radius 1 is 1.34 bits per heavy atom.